The molecule has 6 heteroatoms. The number of carbonyl (C=O) groups excluding carboxylic acids is 1. The molecule has 1 amide bonds. The molecule has 2 heterocycles. The molecule has 30 heavy (non-hydrogen) atoms. The van der Waals surface area contributed by atoms with Crippen molar-refractivity contribution >= 4 is 22.9 Å². The van der Waals surface area contributed by atoms with Gasteiger partial charge in [0.05, 0.1) is 0 Å². The number of amides is 1. The molecule has 3 N–H and O–H groups in total. The van der Waals surface area contributed by atoms with Crippen LogP contribution in [0.2, 0.25) is 0 Å². The molecule has 0 aliphatic carbocycles. The Balaban J connectivity index is 1.48. The van der Waals surface area contributed by atoms with Crippen LogP contribution in [-0.4, -0.2) is 33.6 Å². The number of nitrogens with zero attached hydrogens (tertiary/aromatic N) is 1. The standard InChI is InChI=1S/C24H26FN3O2/c1-16-21(20-6-2-3-7-23(20)26-16)14-19-5-4-12-28(19)15-18-10-8-17(13-22(18)25)9-11-24(29)27-30/h2-3,6-11,13,19,26,30H,4-5,12,14-15H2,1H3,(H,27,29). The summed E-state index contributed by atoms with van der Waals surface area (Å²) in [5, 5.41) is 9.80. The third kappa shape index (κ3) is 4.30. The summed E-state index contributed by atoms with van der Waals surface area (Å²) < 4.78 is 14.7. The smallest absolute Gasteiger partial charge is 0.267 e. The van der Waals surface area contributed by atoms with E-state index in [0.29, 0.717) is 23.7 Å². The Morgan fingerprint density at radius 1 is 1.33 bits per heavy atom. The van der Waals surface area contributed by atoms with E-state index in [4.69, 9.17) is 5.21 Å². The van der Waals surface area contributed by atoms with Gasteiger partial charge in [-0.2, -0.15) is 0 Å². The van der Waals surface area contributed by atoms with Crippen LogP contribution < -0.4 is 5.48 Å². The molecule has 0 radical (unpaired) electrons. The maximum absolute atomic E-state index is 14.7. The summed E-state index contributed by atoms with van der Waals surface area (Å²) >= 11 is 0. The van der Waals surface area contributed by atoms with E-state index in [1.807, 2.05) is 6.07 Å². The minimum Gasteiger partial charge on any atom is -0.358 e. The van der Waals surface area contributed by atoms with Crippen LogP contribution in [0.5, 0.6) is 0 Å². The number of likely N-dealkylation sites (tertiary alicyclic amines) is 1. The third-order valence-corrected chi connectivity index (χ3v) is 5.95. The molecule has 1 aliphatic heterocycles. The van der Waals surface area contributed by atoms with Crippen LogP contribution in [-0.2, 0) is 17.8 Å². The summed E-state index contributed by atoms with van der Waals surface area (Å²) in [6.45, 7) is 3.65. The number of nitrogens with one attached hydrogen (secondary N) is 2. The van der Waals surface area contributed by atoms with Crippen molar-refractivity contribution in [3.8, 4) is 0 Å². The van der Waals surface area contributed by atoms with E-state index in [0.717, 1.165) is 31.9 Å². The van der Waals surface area contributed by atoms with Crippen molar-refractivity contribution in [3.05, 3.63) is 76.7 Å². The first-order chi connectivity index (χ1) is 14.5. The van der Waals surface area contributed by atoms with Crippen molar-refractivity contribution in [2.24, 2.45) is 0 Å². The van der Waals surface area contributed by atoms with Crippen LogP contribution in [0.25, 0.3) is 17.0 Å². The summed E-state index contributed by atoms with van der Waals surface area (Å²) in [6, 6.07) is 13.8. The summed E-state index contributed by atoms with van der Waals surface area (Å²) in [7, 11) is 0. The Kier molecular flexibility index (Phi) is 5.97. The molecule has 1 atom stereocenters. The molecule has 4 rings (SSSR count). The van der Waals surface area contributed by atoms with Crippen LogP contribution in [0.3, 0.4) is 0 Å². The monoisotopic (exact) mass is 407 g/mol. The average Bonchev–Trinajstić information content (AvgIpc) is 3.32. The molecule has 0 bridgehead atoms. The molecular formula is C24H26FN3O2. The van der Waals surface area contributed by atoms with Crippen LogP contribution in [0.1, 0.15) is 35.2 Å². The van der Waals surface area contributed by atoms with Crippen LogP contribution in [0.4, 0.5) is 4.39 Å². The highest BCUT2D eigenvalue weighted by Crippen LogP contribution is 2.29. The SMILES string of the molecule is Cc1[nH]c2ccccc2c1CC1CCCN1Cc1ccc(C=CC(=O)NO)cc1F. The van der Waals surface area contributed by atoms with Crippen LogP contribution in [0, 0.1) is 12.7 Å². The number of hydroxylamine groups is 1. The van der Waals surface area contributed by atoms with E-state index < -0.39 is 5.91 Å². The van der Waals surface area contributed by atoms with Gasteiger partial charge in [-0.3, -0.25) is 14.9 Å². The van der Waals surface area contributed by atoms with Crippen LogP contribution >= 0.6 is 0 Å². The van der Waals surface area contributed by atoms with E-state index >= 15 is 0 Å². The summed E-state index contributed by atoms with van der Waals surface area (Å²) in [4.78, 5) is 16.9. The summed E-state index contributed by atoms with van der Waals surface area (Å²) in [6.07, 6.45) is 5.81. The number of fused-ring (bicyclic) bond motifs is 1. The zero-order chi connectivity index (χ0) is 21.1. The highest BCUT2D eigenvalue weighted by molar-refractivity contribution is 5.90. The highest BCUT2D eigenvalue weighted by atomic mass is 19.1. The predicted molar refractivity (Wildman–Crippen MR) is 116 cm³/mol. The quantitative estimate of drug-likeness (QED) is 0.323. The highest BCUT2D eigenvalue weighted by Gasteiger charge is 2.27. The van der Waals surface area contributed by atoms with Crippen molar-refractivity contribution in [1.82, 2.24) is 15.4 Å². The number of rotatable bonds is 6. The van der Waals surface area contributed by atoms with E-state index in [9.17, 15) is 9.18 Å². The molecule has 1 aromatic heterocycles. The lowest BCUT2D eigenvalue weighted by atomic mass is 10.0. The van der Waals surface area contributed by atoms with Gasteiger partial charge < -0.3 is 4.98 Å². The van der Waals surface area contributed by atoms with Gasteiger partial charge in [0.15, 0.2) is 0 Å². The number of H-pyrrole nitrogens is 1. The number of hydrogen-bond donors (Lipinski definition) is 3. The first-order valence-corrected chi connectivity index (χ1v) is 10.3. The van der Waals surface area contributed by atoms with E-state index in [1.54, 1.807) is 12.1 Å². The van der Waals surface area contributed by atoms with Gasteiger partial charge in [-0.05, 0) is 62.1 Å². The third-order valence-electron chi connectivity index (χ3n) is 5.95. The number of carbonyl (C=O) groups is 1. The molecule has 3 aromatic rings. The topological polar surface area (TPSA) is 68.4 Å². The zero-order valence-electron chi connectivity index (χ0n) is 17.0. The van der Waals surface area contributed by atoms with Gasteiger partial charge in [0.1, 0.15) is 5.82 Å². The number of aromatic amines is 1. The van der Waals surface area contributed by atoms with Gasteiger partial charge >= 0.3 is 0 Å². The lowest BCUT2D eigenvalue weighted by molar-refractivity contribution is -0.124. The van der Waals surface area contributed by atoms with Gasteiger partial charge in [-0.1, -0.05) is 30.3 Å². The second-order valence-electron chi connectivity index (χ2n) is 7.91. The van der Waals surface area contributed by atoms with Crippen LogP contribution in [0.15, 0.2) is 48.5 Å². The lowest BCUT2D eigenvalue weighted by Crippen LogP contribution is -2.31. The Bertz CT molecular complexity index is 1090. The number of benzene rings is 2. The van der Waals surface area contributed by atoms with E-state index in [-0.39, 0.29) is 5.82 Å². The van der Waals surface area contributed by atoms with Crippen molar-refractivity contribution in [1.29, 1.82) is 0 Å². The van der Waals surface area contributed by atoms with E-state index in [2.05, 4.69) is 35.0 Å². The maximum atomic E-state index is 14.7. The number of aromatic nitrogens is 1. The molecule has 156 valence electrons. The van der Waals surface area contributed by atoms with E-state index in [1.165, 1.54) is 39.8 Å². The normalized spacial score (nSPS) is 17.2. The second-order valence-corrected chi connectivity index (χ2v) is 7.91. The zero-order valence-corrected chi connectivity index (χ0v) is 17.0. The fraction of sp³-hybridized carbons (Fsp3) is 0.292. The van der Waals surface area contributed by atoms with Crippen molar-refractivity contribution in [2.75, 3.05) is 6.54 Å². The molecule has 1 fully saturated rings. The molecular weight excluding hydrogens is 381 g/mol. The van der Waals surface area contributed by atoms with Crippen molar-refractivity contribution in [3.63, 3.8) is 0 Å². The van der Waals surface area contributed by atoms with Gasteiger partial charge in [0, 0.05) is 40.8 Å². The number of aryl methyl sites for hydroxylation is 1. The minimum atomic E-state index is -0.646. The molecule has 1 saturated heterocycles. The van der Waals surface area contributed by atoms with Gasteiger partial charge in [-0.15, -0.1) is 0 Å². The fourth-order valence-electron chi connectivity index (χ4n) is 4.39. The summed E-state index contributed by atoms with van der Waals surface area (Å²) in [5.74, 6) is -0.928. The average molecular weight is 407 g/mol. The Morgan fingerprint density at radius 3 is 2.97 bits per heavy atom. The van der Waals surface area contributed by atoms with Crippen molar-refractivity contribution < 1.29 is 14.4 Å². The Hall–Kier alpha value is -2.96. The Morgan fingerprint density at radius 2 is 2.17 bits per heavy atom. The molecule has 1 unspecified atom stereocenters. The fourth-order valence-corrected chi connectivity index (χ4v) is 4.39. The van der Waals surface area contributed by atoms with Gasteiger partial charge in [0.25, 0.3) is 5.91 Å². The molecule has 0 spiro atoms. The molecule has 5 nitrogen and oxygen atoms in total. The molecule has 0 saturated carbocycles. The lowest BCUT2D eigenvalue weighted by Gasteiger charge is -2.25. The Labute approximate surface area is 175 Å². The van der Waals surface area contributed by atoms with Crippen molar-refractivity contribution in [2.45, 2.75) is 38.8 Å². The first-order valence-electron chi connectivity index (χ1n) is 10.3. The summed E-state index contributed by atoms with van der Waals surface area (Å²) in [5.41, 5.74) is 6.47. The second kappa shape index (κ2) is 8.81. The largest absolute Gasteiger partial charge is 0.358 e. The maximum Gasteiger partial charge on any atom is 0.267 e. The molecule has 2 aromatic carbocycles. The van der Waals surface area contributed by atoms with Gasteiger partial charge in [0.2, 0.25) is 0 Å². The predicted octanol–water partition coefficient (Wildman–Crippen LogP) is 4.34. The molecule has 1 aliphatic rings. The number of para-hydroxylation sites is 1. The first kappa shape index (κ1) is 20.3. The minimum absolute atomic E-state index is 0.282. The number of hydrogen-bond acceptors (Lipinski definition) is 3. The number of halogens is 1. The van der Waals surface area contributed by atoms with Gasteiger partial charge in [-0.25, -0.2) is 9.87 Å².